The first-order chi connectivity index (χ1) is 15.2. The first-order valence-corrected chi connectivity index (χ1v) is 10.2. The molecule has 0 atom stereocenters. The van der Waals surface area contributed by atoms with E-state index in [1.165, 1.54) is 0 Å². The minimum absolute atomic E-state index is 0.414. The fourth-order valence-corrected chi connectivity index (χ4v) is 4.05. The van der Waals surface area contributed by atoms with Crippen molar-refractivity contribution < 1.29 is 19.0 Å². The van der Waals surface area contributed by atoms with Crippen LogP contribution in [-0.2, 0) is 4.79 Å². The van der Waals surface area contributed by atoms with E-state index < -0.39 is 0 Å². The summed E-state index contributed by atoms with van der Waals surface area (Å²) in [5, 5.41) is 8.69. The number of nitrogens with zero attached hydrogens (tertiary/aromatic N) is 3. The topological polar surface area (TPSA) is 75.5 Å². The van der Waals surface area contributed by atoms with Gasteiger partial charge in [0.05, 0.1) is 20.4 Å². The van der Waals surface area contributed by atoms with Crippen LogP contribution in [0.4, 0.5) is 0 Å². The third-order valence-corrected chi connectivity index (χ3v) is 5.61. The maximum absolute atomic E-state index is 10.5. The number of hydrogen-bond donors (Lipinski definition) is 0. The van der Waals surface area contributed by atoms with Gasteiger partial charge in [-0.25, -0.2) is 4.68 Å². The standard InChI is InChI=1S/C23H19N3O4S/c1-28-20-7-5-8-21(29-2)23(20)26-14-19(24-25-26)18-6-3-4-9-22(18)31-17-12-10-16(11-13-17)30-15-27/h3-15H,1-2H3. The smallest absolute Gasteiger partial charge is 0.298 e. The Labute approximate surface area is 183 Å². The second-order valence-electron chi connectivity index (χ2n) is 6.34. The van der Waals surface area contributed by atoms with E-state index in [0.29, 0.717) is 29.4 Å². The number of carbonyl (C=O) groups is 1. The number of carbonyl (C=O) groups excluding carboxylic acids is 1. The summed E-state index contributed by atoms with van der Waals surface area (Å²) in [5.41, 5.74) is 2.35. The van der Waals surface area contributed by atoms with Crippen LogP contribution in [0.15, 0.2) is 82.7 Å². The van der Waals surface area contributed by atoms with Gasteiger partial charge in [-0.15, -0.1) is 5.10 Å². The SMILES string of the molecule is COc1cccc(OC)c1-n1cc(-c2ccccc2Sc2ccc(OC=O)cc2)nn1. The second-order valence-corrected chi connectivity index (χ2v) is 7.46. The van der Waals surface area contributed by atoms with E-state index in [2.05, 4.69) is 10.3 Å². The van der Waals surface area contributed by atoms with Crippen LogP contribution < -0.4 is 14.2 Å². The largest absolute Gasteiger partial charge is 0.494 e. The fraction of sp³-hybridized carbons (Fsp3) is 0.0870. The first-order valence-electron chi connectivity index (χ1n) is 9.35. The Bertz CT molecular complexity index is 1170. The molecule has 7 nitrogen and oxygen atoms in total. The van der Waals surface area contributed by atoms with Gasteiger partial charge in [0.25, 0.3) is 6.47 Å². The van der Waals surface area contributed by atoms with Gasteiger partial charge >= 0.3 is 0 Å². The fourth-order valence-electron chi connectivity index (χ4n) is 3.09. The summed E-state index contributed by atoms with van der Waals surface area (Å²) < 4.78 is 17.5. The predicted molar refractivity (Wildman–Crippen MR) is 117 cm³/mol. The minimum atomic E-state index is 0.414. The lowest BCUT2D eigenvalue weighted by Crippen LogP contribution is -2.01. The van der Waals surface area contributed by atoms with Crippen molar-refractivity contribution in [3.05, 3.63) is 72.9 Å². The zero-order valence-corrected chi connectivity index (χ0v) is 17.7. The Morgan fingerprint density at radius 1 is 0.903 bits per heavy atom. The van der Waals surface area contributed by atoms with Crippen molar-refractivity contribution in [3.63, 3.8) is 0 Å². The van der Waals surface area contributed by atoms with Crippen molar-refractivity contribution in [1.82, 2.24) is 15.0 Å². The van der Waals surface area contributed by atoms with E-state index >= 15 is 0 Å². The number of benzene rings is 3. The molecule has 0 radical (unpaired) electrons. The molecule has 0 aliphatic rings. The summed E-state index contributed by atoms with van der Waals surface area (Å²) in [6.45, 7) is 0.414. The van der Waals surface area contributed by atoms with Gasteiger partial charge in [-0.05, 0) is 42.5 Å². The number of rotatable bonds is 8. The zero-order valence-electron chi connectivity index (χ0n) is 16.9. The Hall–Kier alpha value is -3.78. The lowest BCUT2D eigenvalue weighted by molar-refractivity contribution is -0.120. The van der Waals surface area contributed by atoms with Crippen LogP contribution in [0.5, 0.6) is 17.2 Å². The third-order valence-electron chi connectivity index (χ3n) is 4.52. The van der Waals surface area contributed by atoms with Crippen LogP contribution in [0.3, 0.4) is 0 Å². The molecule has 0 unspecified atom stereocenters. The van der Waals surface area contributed by atoms with Gasteiger partial charge in [-0.1, -0.05) is 41.2 Å². The molecular weight excluding hydrogens is 414 g/mol. The maximum atomic E-state index is 10.5. The Morgan fingerprint density at radius 2 is 1.61 bits per heavy atom. The number of ether oxygens (including phenoxy) is 3. The van der Waals surface area contributed by atoms with Gasteiger partial charge in [-0.3, -0.25) is 4.79 Å². The number of para-hydroxylation sites is 1. The van der Waals surface area contributed by atoms with Crippen LogP contribution in [0.1, 0.15) is 0 Å². The zero-order chi connectivity index (χ0) is 21.6. The molecule has 3 aromatic carbocycles. The van der Waals surface area contributed by atoms with Crippen molar-refractivity contribution >= 4 is 18.2 Å². The Morgan fingerprint density at radius 3 is 2.29 bits per heavy atom. The molecule has 0 N–H and O–H groups in total. The van der Waals surface area contributed by atoms with Crippen LogP contribution in [0.2, 0.25) is 0 Å². The maximum Gasteiger partial charge on any atom is 0.298 e. The van der Waals surface area contributed by atoms with E-state index in [1.807, 2.05) is 60.8 Å². The van der Waals surface area contributed by atoms with Gasteiger partial charge < -0.3 is 14.2 Å². The molecule has 156 valence electrons. The molecular formula is C23H19N3O4S. The van der Waals surface area contributed by atoms with Crippen molar-refractivity contribution in [2.45, 2.75) is 9.79 Å². The molecule has 4 rings (SSSR count). The lowest BCUT2D eigenvalue weighted by Gasteiger charge is -2.12. The molecule has 0 saturated heterocycles. The predicted octanol–water partition coefficient (Wildman–Crippen LogP) is 4.64. The van der Waals surface area contributed by atoms with Crippen molar-refractivity contribution in [3.8, 4) is 34.2 Å². The van der Waals surface area contributed by atoms with E-state index in [0.717, 1.165) is 21.0 Å². The van der Waals surface area contributed by atoms with Crippen LogP contribution in [0, 0.1) is 0 Å². The molecule has 4 aromatic rings. The summed E-state index contributed by atoms with van der Waals surface area (Å²) in [6, 6.07) is 20.8. The minimum Gasteiger partial charge on any atom is -0.494 e. The summed E-state index contributed by atoms with van der Waals surface area (Å²) in [5.74, 6) is 1.77. The molecule has 31 heavy (non-hydrogen) atoms. The summed E-state index contributed by atoms with van der Waals surface area (Å²) in [6.07, 6.45) is 1.85. The van der Waals surface area contributed by atoms with Crippen LogP contribution in [0.25, 0.3) is 16.9 Å². The Balaban J connectivity index is 1.67. The first kappa shape index (κ1) is 20.5. The highest BCUT2D eigenvalue weighted by atomic mass is 32.2. The lowest BCUT2D eigenvalue weighted by atomic mass is 10.2. The number of methoxy groups -OCH3 is 2. The number of aromatic nitrogens is 3. The molecule has 0 bridgehead atoms. The summed E-state index contributed by atoms with van der Waals surface area (Å²) in [7, 11) is 3.21. The van der Waals surface area contributed by atoms with Crippen molar-refractivity contribution in [1.29, 1.82) is 0 Å². The highest BCUT2D eigenvalue weighted by Gasteiger charge is 2.16. The normalized spacial score (nSPS) is 10.5. The monoisotopic (exact) mass is 433 g/mol. The van der Waals surface area contributed by atoms with E-state index in [1.54, 1.807) is 42.8 Å². The highest BCUT2D eigenvalue weighted by Crippen LogP contribution is 2.37. The molecule has 1 heterocycles. The van der Waals surface area contributed by atoms with Crippen molar-refractivity contribution in [2.24, 2.45) is 0 Å². The summed E-state index contributed by atoms with van der Waals surface area (Å²) in [4.78, 5) is 12.5. The summed E-state index contributed by atoms with van der Waals surface area (Å²) >= 11 is 1.59. The molecule has 1 aromatic heterocycles. The van der Waals surface area contributed by atoms with Gasteiger partial charge in [0.15, 0.2) is 5.69 Å². The highest BCUT2D eigenvalue weighted by molar-refractivity contribution is 7.99. The van der Waals surface area contributed by atoms with Gasteiger partial charge in [0, 0.05) is 15.4 Å². The molecule has 0 aliphatic carbocycles. The van der Waals surface area contributed by atoms with Crippen molar-refractivity contribution in [2.75, 3.05) is 14.2 Å². The molecule has 0 aliphatic heterocycles. The molecule has 0 fully saturated rings. The molecule has 0 saturated carbocycles. The molecule has 8 heteroatoms. The average molecular weight is 433 g/mol. The quantitative estimate of drug-likeness (QED) is 0.375. The van der Waals surface area contributed by atoms with Gasteiger partial charge in [-0.2, -0.15) is 0 Å². The average Bonchev–Trinajstić information content (AvgIpc) is 3.30. The number of hydrogen-bond acceptors (Lipinski definition) is 7. The molecule has 0 amide bonds. The molecule has 0 spiro atoms. The second kappa shape index (κ2) is 9.36. The van der Waals surface area contributed by atoms with E-state index in [9.17, 15) is 4.79 Å². The van der Waals surface area contributed by atoms with Crippen LogP contribution in [-0.4, -0.2) is 35.7 Å². The van der Waals surface area contributed by atoms with E-state index in [-0.39, 0.29) is 0 Å². The Kier molecular flexibility index (Phi) is 6.18. The van der Waals surface area contributed by atoms with Gasteiger partial charge in [0.1, 0.15) is 22.9 Å². The van der Waals surface area contributed by atoms with E-state index in [4.69, 9.17) is 14.2 Å². The van der Waals surface area contributed by atoms with Crippen LogP contribution >= 0.6 is 11.8 Å². The third kappa shape index (κ3) is 4.39. The van der Waals surface area contributed by atoms with Gasteiger partial charge in [0.2, 0.25) is 0 Å².